The van der Waals surface area contributed by atoms with Gasteiger partial charge in [0.05, 0.1) is 6.61 Å². The van der Waals surface area contributed by atoms with Gasteiger partial charge in [-0.25, -0.2) is 0 Å². The van der Waals surface area contributed by atoms with E-state index in [4.69, 9.17) is 4.74 Å². The summed E-state index contributed by atoms with van der Waals surface area (Å²) in [5.41, 5.74) is 3.94. The smallest absolute Gasteiger partial charge is 0.122 e. The Hall–Kier alpha value is -0.980. The van der Waals surface area contributed by atoms with E-state index >= 15 is 0 Å². The van der Waals surface area contributed by atoms with Crippen molar-refractivity contribution < 1.29 is 4.74 Å². The SMILES string of the molecule is CCOc1cc(C(C)C)cc(C)c1C. The van der Waals surface area contributed by atoms with Crippen LogP contribution in [0.5, 0.6) is 5.75 Å². The van der Waals surface area contributed by atoms with Crippen molar-refractivity contribution in [2.24, 2.45) is 0 Å². The second-order valence-corrected chi connectivity index (χ2v) is 4.05. The topological polar surface area (TPSA) is 9.23 Å². The molecule has 0 aliphatic heterocycles. The Balaban J connectivity index is 3.14. The first kappa shape index (κ1) is 11.1. The van der Waals surface area contributed by atoms with E-state index in [0.29, 0.717) is 5.92 Å². The summed E-state index contributed by atoms with van der Waals surface area (Å²) in [7, 11) is 0. The molecule has 1 heteroatoms. The Bertz CT molecular complexity index is 313. The lowest BCUT2D eigenvalue weighted by Gasteiger charge is -2.14. The molecule has 78 valence electrons. The van der Waals surface area contributed by atoms with Gasteiger partial charge in [-0.15, -0.1) is 0 Å². The maximum atomic E-state index is 5.61. The third-order valence-corrected chi connectivity index (χ3v) is 2.61. The van der Waals surface area contributed by atoms with Crippen molar-refractivity contribution in [2.45, 2.75) is 40.5 Å². The van der Waals surface area contributed by atoms with E-state index < -0.39 is 0 Å². The maximum Gasteiger partial charge on any atom is 0.122 e. The second-order valence-electron chi connectivity index (χ2n) is 4.05. The van der Waals surface area contributed by atoms with Crippen molar-refractivity contribution in [1.82, 2.24) is 0 Å². The minimum absolute atomic E-state index is 0.563. The van der Waals surface area contributed by atoms with Crippen molar-refractivity contribution in [1.29, 1.82) is 0 Å². The van der Waals surface area contributed by atoms with E-state index in [1.807, 2.05) is 6.92 Å². The van der Waals surface area contributed by atoms with Gasteiger partial charge in [0, 0.05) is 0 Å². The summed E-state index contributed by atoms with van der Waals surface area (Å²) in [5.74, 6) is 1.60. The van der Waals surface area contributed by atoms with Gasteiger partial charge in [0.25, 0.3) is 0 Å². The van der Waals surface area contributed by atoms with Crippen molar-refractivity contribution >= 4 is 0 Å². The third kappa shape index (κ3) is 2.28. The van der Waals surface area contributed by atoms with E-state index in [1.54, 1.807) is 0 Å². The molecular formula is C13H20O. The summed E-state index contributed by atoms with van der Waals surface area (Å²) in [4.78, 5) is 0. The Morgan fingerprint density at radius 3 is 2.36 bits per heavy atom. The molecular weight excluding hydrogens is 172 g/mol. The van der Waals surface area contributed by atoms with Crippen LogP contribution in [0.4, 0.5) is 0 Å². The first-order valence-electron chi connectivity index (χ1n) is 5.30. The minimum atomic E-state index is 0.563. The molecule has 1 aromatic rings. The zero-order valence-electron chi connectivity index (χ0n) is 9.85. The molecule has 0 fully saturated rings. The van der Waals surface area contributed by atoms with Crippen molar-refractivity contribution in [3.8, 4) is 5.75 Å². The van der Waals surface area contributed by atoms with Crippen LogP contribution in [0.3, 0.4) is 0 Å². The number of aryl methyl sites for hydroxylation is 1. The highest BCUT2D eigenvalue weighted by Crippen LogP contribution is 2.27. The monoisotopic (exact) mass is 192 g/mol. The van der Waals surface area contributed by atoms with Gasteiger partial charge < -0.3 is 4.74 Å². The van der Waals surface area contributed by atoms with Gasteiger partial charge in [0.2, 0.25) is 0 Å². The first-order valence-corrected chi connectivity index (χ1v) is 5.30. The maximum absolute atomic E-state index is 5.61. The Morgan fingerprint density at radius 1 is 1.21 bits per heavy atom. The molecule has 0 aliphatic carbocycles. The van der Waals surface area contributed by atoms with E-state index in [-0.39, 0.29) is 0 Å². The Labute approximate surface area is 87.1 Å². The van der Waals surface area contributed by atoms with Crippen LogP contribution in [0.2, 0.25) is 0 Å². The fourth-order valence-electron chi connectivity index (χ4n) is 1.49. The normalized spacial score (nSPS) is 10.7. The lowest BCUT2D eigenvalue weighted by Crippen LogP contribution is -1.98. The zero-order chi connectivity index (χ0) is 10.7. The van der Waals surface area contributed by atoms with Crippen LogP contribution in [0.1, 0.15) is 43.4 Å². The van der Waals surface area contributed by atoms with Crippen LogP contribution in [0.15, 0.2) is 12.1 Å². The molecule has 0 saturated heterocycles. The molecule has 0 unspecified atom stereocenters. The van der Waals surface area contributed by atoms with Gasteiger partial charge in [-0.05, 0) is 49.4 Å². The molecule has 1 aromatic carbocycles. The molecule has 0 spiro atoms. The van der Waals surface area contributed by atoms with Crippen LogP contribution < -0.4 is 4.74 Å². The van der Waals surface area contributed by atoms with Gasteiger partial charge >= 0.3 is 0 Å². The van der Waals surface area contributed by atoms with Crippen LogP contribution in [-0.4, -0.2) is 6.61 Å². The highest BCUT2D eigenvalue weighted by Gasteiger charge is 2.07. The molecule has 0 amide bonds. The Kier molecular flexibility index (Phi) is 3.56. The number of hydrogen-bond donors (Lipinski definition) is 0. The largest absolute Gasteiger partial charge is 0.494 e. The molecule has 0 N–H and O–H groups in total. The van der Waals surface area contributed by atoms with Gasteiger partial charge in [-0.1, -0.05) is 19.9 Å². The van der Waals surface area contributed by atoms with E-state index in [0.717, 1.165) is 12.4 Å². The number of hydrogen-bond acceptors (Lipinski definition) is 1. The summed E-state index contributed by atoms with van der Waals surface area (Å²) in [6, 6.07) is 4.42. The molecule has 1 rings (SSSR count). The quantitative estimate of drug-likeness (QED) is 0.707. The van der Waals surface area contributed by atoms with Crippen LogP contribution in [0.25, 0.3) is 0 Å². The van der Waals surface area contributed by atoms with Gasteiger partial charge in [0.15, 0.2) is 0 Å². The van der Waals surface area contributed by atoms with E-state index in [2.05, 4.69) is 39.8 Å². The molecule has 0 atom stereocenters. The van der Waals surface area contributed by atoms with Gasteiger partial charge in [0.1, 0.15) is 5.75 Å². The average molecular weight is 192 g/mol. The van der Waals surface area contributed by atoms with Crippen molar-refractivity contribution in [2.75, 3.05) is 6.61 Å². The predicted octanol–water partition coefficient (Wildman–Crippen LogP) is 3.83. The fraction of sp³-hybridized carbons (Fsp3) is 0.538. The average Bonchev–Trinajstić information content (AvgIpc) is 2.12. The predicted molar refractivity (Wildman–Crippen MR) is 61.2 cm³/mol. The molecule has 14 heavy (non-hydrogen) atoms. The van der Waals surface area contributed by atoms with E-state index in [9.17, 15) is 0 Å². The molecule has 0 radical (unpaired) electrons. The van der Waals surface area contributed by atoms with E-state index in [1.165, 1.54) is 16.7 Å². The van der Waals surface area contributed by atoms with Crippen LogP contribution in [-0.2, 0) is 0 Å². The Morgan fingerprint density at radius 2 is 1.86 bits per heavy atom. The summed E-state index contributed by atoms with van der Waals surface area (Å²) >= 11 is 0. The molecule has 0 saturated carbocycles. The first-order chi connectivity index (χ1) is 6.56. The van der Waals surface area contributed by atoms with Crippen molar-refractivity contribution in [3.63, 3.8) is 0 Å². The molecule has 0 bridgehead atoms. The third-order valence-electron chi connectivity index (χ3n) is 2.61. The standard InChI is InChI=1S/C13H20O/c1-6-14-13-8-12(9(2)3)7-10(4)11(13)5/h7-9H,6H2,1-5H3. The van der Waals surface area contributed by atoms with Gasteiger partial charge in [-0.3, -0.25) is 0 Å². The molecule has 0 aromatic heterocycles. The van der Waals surface area contributed by atoms with Crippen molar-refractivity contribution in [3.05, 3.63) is 28.8 Å². The zero-order valence-corrected chi connectivity index (χ0v) is 9.85. The fourth-order valence-corrected chi connectivity index (χ4v) is 1.49. The summed E-state index contributed by atoms with van der Waals surface area (Å²) in [6.45, 7) is 11.4. The van der Waals surface area contributed by atoms with Gasteiger partial charge in [-0.2, -0.15) is 0 Å². The lowest BCUT2D eigenvalue weighted by molar-refractivity contribution is 0.337. The number of ether oxygens (including phenoxy) is 1. The number of benzene rings is 1. The molecule has 0 heterocycles. The second kappa shape index (κ2) is 4.50. The summed E-state index contributed by atoms with van der Waals surface area (Å²) in [6.07, 6.45) is 0. The van der Waals surface area contributed by atoms with Crippen LogP contribution in [0, 0.1) is 13.8 Å². The lowest BCUT2D eigenvalue weighted by atomic mass is 9.98. The number of rotatable bonds is 3. The molecule has 0 aliphatic rings. The summed E-state index contributed by atoms with van der Waals surface area (Å²) < 4.78 is 5.61. The highest BCUT2D eigenvalue weighted by molar-refractivity contribution is 5.43. The van der Waals surface area contributed by atoms with Crippen LogP contribution >= 0.6 is 0 Å². The highest BCUT2D eigenvalue weighted by atomic mass is 16.5. The molecule has 1 nitrogen and oxygen atoms in total. The summed E-state index contributed by atoms with van der Waals surface area (Å²) in [5, 5.41) is 0. The minimum Gasteiger partial charge on any atom is -0.494 e.